The number of hydrogen-bond acceptors (Lipinski definition) is 5. The molecule has 0 N–H and O–H groups in total. The minimum atomic E-state index is -0.619. The zero-order valence-corrected chi connectivity index (χ0v) is 16.2. The van der Waals surface area contributed by atoms with Crippen LogP contribution in [0.5, 0.6) is 0 Å². The third-order valence-corrected chi connectivity index (χ3v) is 3.93. The lowest BCUT2D eigenvalue weighted by molar-refractivity contribution is -0.384. The van der Waals surface area contributed by atoms with E-state index in [0.29, 0.717) is 16.8 Å². The zero-order chi connectivity index (χ0) is 20.5. The number of non-ortho nitro benzene ring substituents is 1. The van der Waals surface area contributed by atoms with E-state index in [1.165, 1.54) is 24.3 Å². The Morgan fingerprint density at radius 3 is 2.64 bits per heavy atom. The summed E-state index contributed by atoms with van der Waals surface area (Å²) in [5.74, 6) is -0.518. The molecule has 0 saturated heterocycles. The van der Waals surface area contributed by atoms with Crippen LogP contribution < -0.4 is 0 Å². The third kappa shape index (κ3) is 4.43. The van der Waals surface area contributed by atoms with Crippen LogP contribution in [0.3, 0.4) is 0 Å². The standard InChI is InChI=1S/C21H21N3O4/c1-14-5-9-19-22-18(13-23(19)12-14)17-8-7-16(24(26)27)11-15(17)6-10-20(25)28-21(2,3)4/h5-13H,1-4H3/b10-6+. The normalized spacial score (nSPS) is 11.9. The van der Waals surface area contributed by atoms with Crippen LogP contribution in [-0.4, -0.2) is 25.9 Å². The van der Waals surface area contributed by atoms with E-state index in [9.17, 15) is 14.9 Å². The van der Waals surface area contributed by atoms with E-state index >= 15 is 0 Å². The number of pyridine rings is 1. The number of carbonyl (C=O) groups excluding carboxylic acids is 1. The Hall–Kier alpha value is -3.48. The van der Waals surface area contributed by atoms with Gasteiger partial charge in [-0.25, -0.2) is 9.78 Å². The molecule has 0 spiro atoms. The van der Waals surface area contributed by atoms with Gasteiger partial charge >= 0.3 is 5.97 Å². The van der Waals surface area contributed by atoms with Gasteiger partial charge in [-0.1, -0.05) is 6.07 Å². The highest BCUT2D eigenvalue weighted by Gasteiger charge is 2.16. The maximum absolute atomic E-state index is 12.0. The molecule has 0 radical (unpaired) electrons. The fourth-order valence-electron chi connectivity index (χ4n) is 2.76. The molecule has 0 atom stereocenters. The summed E-state index contributed by atoms with van der Waals surface area (Å²) in [4.78, 5) is 27.3. The van der Waals surface area contributed by atoms with Crippen molar-refractivity contribution in [3.63, 3.8) is 0 Å². The summed E-state index contributed by atoms with van der Waals surface area (Å²) in [5.41, 5.74) is 3.03. The number of aryl methyl sites for hydroxylation is 1. The molecule has 1 aromatic carbocycles. The van der Waals surface area contributed by atoms with Crippen molar-refractivity contribution in [3.05, 3.63) is 70.0 Å². The Morgan fingerprint density at radius 1 is 1.21 bits per heavy atom. The second kappa shape index (κ2) is 7.26. The van der Waals surface area contributed by atoms with Crippen LogP contribution in [0, 0.1) is 17.0 Å². The van der Waals surface area contributed by atoms with Crippen LogP contribution in [0.25, 0.3) is 23.0 Å². The summed E-state index contributed by atoms with van der Waals surface area (Å²) in [5, 5.41) is 11.2. The molecule has 0 aliphatic heterocycles. The molecule has 3 rings (SSSR count). The fraction of sp³-hybridized carbons (Fsp3) is 0.238. The maximum atomic E-state index is 12.0. The topological polar surface area (TPSA) is 86.7 Å². The summed E-state index contributed by atoms with van der Waals surface area (Å²) < 4.78 is 7.16. The van der Waals surface area contributed by atoms with E-state index in [1.807, 2.05) is 35.9 Å². The van der Waals surface area contributed by atoms with Gasteiger partial charge in [-0.05, 0) is 57.0 Å². The fourth-order valence-corrected chi connectivity index (χ4v) is 2.76. The lowest BCUT2D eigenvalue weighted by atomic mass is 10.0. The largest absolute Gasteiger partial charge is 0.457 e. The average molecular weight is 379 g/mol. The lowest BCUT2D eigenvalue weighted by Crippen LogP contribution is -2.22. The molecule has 0 amide bonds. The first-order chi connectivity index (χ1) is 13.1. The van der Waals surface area contributed by atoms with Crippen LogP contribution in [0.15, 0.2) is 48.8 Å². The number of aromatic nitrogens is 2. The van der Waals surface area contributed by atoms with Crippen molar-refractivity contribution < 1.29 is 14.5 Å². The van der Waals surface area contributed by atoms with E-state index in [0.717, 1.165) is 11.2 Å². The van der Waals surface area contributed by atoms with Crippen molar-refractivity contribution >= 4 is 23.4 Å². The quantitative estimate of drug-likeness (QED) is 0.287. The van der Waals surface area contributed by atoms with Crippen LogP contribution in [0.1, 0.15) is 31.9 Å². The van der Waals surface area contributed by atoms with Gasteiger partial charge in [0.1, 0.15) is 11.2 Å². The molecule has 0 aliphatic rings. The molecule has 2 aromatic heterocycles. The Morgan fingerprint density at radius 2 is 1.96 bits per heavy atom. The summed E-state index contributed by atoms with van der Waals surface area (Å²) in [7, 11) is 0. The van der Waals surface area contributed by atoms with Crippen LogP contribution in [-0.2, 0) is 9.53 Å². The minimum absolute atomic E-state index is 0.0628. The van der Waals surface area contributed by atoms with Crippen molar-refractivity contribution in [3.8, 4) is 11.3 Å². The van der Waals surface area contributed by atoms with E-state index in [-0.39, 0.29) is 5.69 Å². The summed E-state index contributed by atoms with van der Waals surface area (Å²) in [6, 6.07) is 8.36. The molecule has 0 unspecified atom stereocenters. The second-order valence-electron chi connectivity index (χ2n) is 7.49. The van der Waals surface area contributed by atoms with Crippen molar-refractivity contribution in [2.45, 2.75) is 33.3 Å². The van der Waals surface area contributed by atoms with Crippen LogP contribution >= 0.6 is 0 Å². The number of fused-ring (bicyclic) bond motifs is 1. The Kier molecular flexibility index (Phi) is 5.00. The number of nitro benzene ring substituents is 1. The number of carbonyl (C=O) groups is 1. The summed E-state index contributed by atoms with van der Waals surface area (Å²) in [6.45, 7) is 7.31. The van der Waals surface area contributed by atoms with E-state index in [4.69, 9.17) is 4.74 Å². The Balaban J connectivity index is 2.04. The van der Waals surface area contributed by atoms with Crippen LogP contribution in [0.4, 0.5) is 5.69 Å². The molecule has 0 bridgehead atoms. The van der Waals surface area contributed by atoms with Crippen LogP contribution in [0.2, 0.25) is 0 Å². The Bertz CT molecular complexity index is 1090. The van der Waals surface area contributed by atoms with Gasteiger partial charge in [0, 0.05) is 36.2 Å². The average Bonchev–Trinajstić information content (AvgIpc) is 3.01. The molecule has 2 heterocycles. The van der Waals surface area contributed by atoms with Crippen molar-refractivity contribution in [1.29, 1.82) is 0 Å². The number of ether oxygens (including phenoxy) is 1. The monoisotopic (exact) mass is 379 g/mol. The molecule has 0 saturated carbocycles. The number of esters is 1. The molecule has 0 aliphatic carbocycles. The molecule has 7 heteroatoms. The minimum Gasteiger partial charge on any atom is -0.457 e. The van der Waals surface area contributed by atoms with E-state index < -0.39 is 16.5 Å². The Labute approximate surface area is 162 Å². The second-order valence-corrected chi connectivity index (χ2v) is 7.49. The molecule has 3 aromatic rings. The van der Waals surface area contributed by atoms with Gasteiger partial charge in [0.15, 0.2) is 0 Å². The highest BCUT2D eigenvalue weighted by Crippen LogP contribution is 2.28. The highest BCUT2D eigenvalue weighted by atomic mass is 16.6. The zero-order valence-electron chi connectivity index (χ0n) is 16.2. The molecule has 28 heavy (non-hydrogen) atoms. The first-order valence-corrected chi connectivity index (χ1v) is 8.78. The van der Waals surface area contributed by atoms with Gasteiger partial charge in [0.2, 0.25) is 0 Å². The number of hydrogen-bond donors (Lipinski definition) is 0. The first-order valence-electron chi connectivity index (χ1n) is 8.78. The number of benzene rings is 1. The van der Waals surface area contributed by atoms with Gasteiger partial charge in [0.05, 0.1) is 10.6 Å². The predicted molar refractivity (Wildman–Crippen MR) is 107 cm³/mol. The lowest BCUT2D eigenvalue weighted by Gasteiger charge is -2.17. The first kappa shape index (κ1) is 19.3. The van der Waals surface area contributed by atoms with Crippen molar-refractivity contribution in [2.75, 3.05) is 0 Å². The molecule has 144 valence electrons. The maximum Gasteiger partial charge on any atom is 0.331 e. The summed E-state index contributed by atoms with van der Waals surface area (Å²) in [6.07, 6.45) is 6.60. The molecule has 0 fully saturated rings. The molecule has 7 nitrogen and oxygen atoms in total. The van der Waals surface area contributed by atoms with Gasteiger partial charge in [-0.2, -0.15) is 0 Å². The van der Waals surface area contributed by atoms with Gasteiger partial charge in [-0.3, -0.25) is 10.1 Å². The number of rotatable bonds is 4. The predicted octanol–water partition coefficient (Wildman–Crippen LogP) is 4.57. The van der Waals surface area contributed by atoms with Gasteiger partial charge < -0.3 is 9.14 Å². The number of nitrogens with zero attached hydrogens (tertiary/aromatic N) is 3. The molecular weight excluding hydrogens is 358 g/mol. The SMILES string of the molecule is Cc1ccc2nc(-c3ccc([N+](=O)[O-])cc3/C=C/C(=O)OC(C)(C)C)cn2c1. The third-order valence-electron chi connectivity index (χ3n) is 3.93. The van der Waals surface area contributed by atoms with Gasteiger partial charge in [0.25, 0.3) is 5.69 Å². The smallest absolute Gasteiger partial charge is 0.331 e. The molecular formula is C21H21N3O4. The van der Waals surface area contributed by atoms with Crippen molar-refractivity contribution in [1.82, 2.24) is 9.38 Å². The van der Waals surface area contributed by atoms with E-state index in [1.54, 1.807) is 26.8 Å². The summed E-state index contributed by atoms with van der Waals surface area (Å²) >= 11 is 0. The highest BCUT2D eigenvalue weighted by molar-refractivity contribution is 5.89. The van der Waals surface area contributed by atoms with E-state index in [2.05, 4.69) is 4.98 Å². The van der Waals surface area contributed by atoms with Gasteiger partial charge in [-0.15, -0.1) is 0 Å². The van der Waals surface area contributed by atoms with Crippen molar-refractivity contribution in [2.24, 2.45) is 0 Å². The number of imidazole rings is 1. The number of nitro groups is 1.